The standard InChI is InChI=1S/C21H32N6O2S.ClH/c1-16-7-13-26(14-8-16)21-24-27-17(15-18(28)23-20(27)30-21)19(29)22-9-6-12-25-10-4-2-3-5-11-25;/h15-16H,2-14H2,1H3,(H,22,29);1H. The lowest BCUT2D eigenvalue weighted by molar-refractivity contribution is 0.0944. The maximum absolute atomic E-state index is 12.8. The van der Waals surface area contributed by atoms with Crippen LogP contribution in [0.2, 0.25) is 0 Å². The van der Waals surface area contributed by atoms with Gasteiger partial charge in [0, 0.05) is 25.7 Å². The van der Waals surface area contributed by atoms with Crippen molar-refractivity contribution in [1.82, 2.24) is 24.8 Å². The zero-order valence-corrected chi connectivity index (χ0v) is 19.8. The lowest BCUT2D eigenvalue weighted by atomic mass is 10.00. The van der Waals surface area contributed by atoms with Crippen molar-refractivity contribution >= 4 is 39.7 Å². The summed E-state index contributed by atoms with van der Waals surface area (Å²) in [4.78, 5) is 34.1. The minimum absolute atomic E-state index is 0. The molecular formula is C21H33ClN6O2S. The van der Waals surface area contributed by atoms with Crippen molar-refractivity contribution in [2.45, 2.75) is 51.9 Å². The van der Waals surface area contributed by atoms with E-state index in [1.165, 1.54) is 47.6 Å². The second kappa shape index (κ2) is 11.2. The zero-order chi connectivity index (χ0) is 20.9. The van der Waals surface area contributed by atoms with Gasteiger partial charge >= 0.3 is 0 Å². The highest BCUT2D eigenvalue weighted by atomic mass is 35.5. The van der Waals surface area contributed by atoms with Crippen molar-refractivity contribution in [3.63, 3.8) is 0 Å². The predicted molar refractivity (Wildman–Crippen MR) is 127 cm³/mol. The number of anilines is 1. The number of fused-ring (bicyclic) bond motifs is 1. The van der Waals surface area contributed by atoms with Crippen LogP contribution in [0.15, 0.2) is 10.9 Å². The van der Waals surface area contributed by atoms with Gasteiger partial charge in [0.25, 0.3) is 11.5 Å². The molecule has 2 aromatic heterocycles. The Bertz CT molecular complexity index is 916. The average Bonchev–Trinajstić information content (AvgIpc) is 2.98. The lowest BCUT2D eigenvalue weighted by Gasteiger charge is -2.29. The number of piperidine rings is 1. The van der Waals surface area contributed by atoms with Crippen molar-refractivity contribution in [1.29, 1.82) is 0 Å². The number of nitrogens with one attached hydrogen (secondary N) is 1. The molecule has 0 bridgehead atoms. The molecule has 2 aliphatic heterocycles. The molecule has 4 rings (SSSR count). The first-order valence-electron chi connectivity index (χ1n) is 11.3. The molecule has 8 nitrogen and oxygen atoms in total. The van der Waals surface area contributed by atoms with Crippen LogP contribution in [-0.2, 0) is 0 Å². The summed E-state index contributed by atoms with van der Waals surface area (Å²) in [5.74, 6) is 0.467. The third kappa shape index (κ3) is 6.17. The second-order valence-electron chi connectivity index (χ2n) is 8.59. The monoisotopic (exact) mass is 468 g/mol. The van der Waals surface area contributed by atoms with Crippen LogP contribution < -0.4 is 15.8 Å². The molecule has 1 amide bonds. The second-order valence-corrected chi connectivity index (χ2v) is 9.53. The van der Waals surface area contributed by atoms with Gasteiger partial charge in [0.1, 0.15) is 5.69 Å². The number of halogens is 1. The Morgan fingerprint density at radius 2 is 1.87 bits per heavy atom. The summed E-state index contributed by atoms with van der Waals surface area (Å²) < 4.78 is 1.53. The Balaban J connectivity index is 0.00000272. The third-order valence-electron chi connectivity index (χ3n) is 6.17. The molecule has 0 aliphatic carbocycles. The van der Waals surface area contributed by atoms with E-state index in [1.54, 1.807) is 0 Å². The molecule has 0 saturated carbocycles. The number of carbonyl (C=O) groups is 1. The summed E-state index contributed by atoms with van der Waals surface area (Å²) in [7, 11) is 0. The van der Waals surface area contributed by atoms with Gasteiger partial charge in [0.2, 0.25) is 10.1 Å². The summed E-state index contributed by atoms with van der Waals surface area (Å²) in [5.41, 5.74) is -0.125. The Hall–Kier alpha value is -1.71. The van der Waals surface area contributed by atoms with E-state index in [-0.39, 0.29) is 24.0 Å². The largest absolute Gasteiger partial charge is 0.351 e. The molecule has 0 atom stereocenters. The van der Waals surface area contributed by atoms with Crippen molar-refractivity contribution in [3.8, 4) is 0 Å². The number of hydrogen-bond donors (Lipinski definition) is 1. The molecule has 31 heavy (non-hydrogen) atoms. The summed E-state index contributed by atoms with van der Waals surface area (Å²) in [6.07, 6.45) is 8.36. The highest BCUT2D eigenvalue weighted by molar-refractivity contribution is 7.20. The van der Waals surface area contributed by atoms with Crippen LogP contribution in [0.25, 0.3) is 4.96 Å². The summed E-state index contributed by atoms with van der Waals surface area (Å²) >= 11 is 1.38. The van der Waals surface area contributed by atoms with Crippen molar-refractivity contribution in [3.05, 3.63) is 22.1 Å². The van der Waals surface area contributed by atoms with Crippen LogP contribution in [0.5, 0.6) is 0 Å². The molecule has 4 heterocycles. The molecule has 0 unspecified atom stereocenters. The van der Waals surface area contributed by atoms with Crippen LogP contribution in [0.1, 0.15) is 62.4 Å². The van der Waals surface area contributed by atoms with Crippen molar-refractivity contribution in [2.75, 3.05) is 44.2 Å². The van der Waals surface area contributed by atoms with Gasteiger partial charge in [0.05, 0.1) is 0 Å². The fraction of sp³-hybridized carbons (Fsp3) is 0.714. The molecule has 2 fully saturated rings. The van der Waals surface area contributed by atoms with E-state index in [4.69, 9.17) is 0 Å². The van der Waals surface area contributed by atoms with E-state index in [2.05, 4.69) is 32.1 Å². The lowest BCUT2D eigenvalue weighted by Crippen LogP contribution is -2.33. The number of hydrogen-bond acceptors (Lipinski definition) is 7. The van der Waals surface area contributed by atoms with Gasteiger partial charge in [-0.2, -0.15) is 9.50 Å². The van der Waals surface area contributed by atoms with Crippen LogP contribution in [-0.4, -0.2) is 64.7 Å². The number of amides is 1. The van der Waals surface area contributed by atoms with Crippen LogP contribution in [0, 0.1) is 5.92 Å². The maximum atomic E-state index is 12.8. The van der Waals surface area contributed by atoms with Crippen LogP contribution >= 0.6 is 23.7 Å². The smallest absolute Gasteiger partial charge is 0.274 e. The van der Waals surface area contributed by atoms with E-state index in [0.717, 1.165) is 63.0 Å². The SMILES string of the molecule is CC1CCN(c2nn3c(C(=O)NCCCN4CCCCCC4)cc(=O)nc3s2)CC1.Cl. The van der Waals surface area contributed by atoms with Gasteiger partial charge < -0.3 is 15.1 Å². The highest BCUT2D eigenvalue weighted by Crippen LogP contribution is 2.27. The summed E-state index contributed by atoms with van der Waals surface area (Å²) in [5, 5.41) is 8.42. The molecule has 0 radical (unpaired) electrons. The number of carbonyl (C=O) groups excluding carboxylic acids is 1. The molecule has 10 heteroatoms. The van der Waals surface area contributed by atoms with E-state index in [9.17, 15) is 9.59 Å². The maximum Gasteiger partial charge on any atom is 0.274 e. The number of likely N-dealkylation sites (tertiary alicyclic amines) is 1. The topological polar surface area (TPSA) is 82.8 Å². The van der Waals surface area contributed by atoms with E-state index in [1.807, 2.05) is 0 Å². The Kier molecular flexibility index (Phi) is 8.68. The molecule has 2 aromatic rings. The average molecular weight is 469 g/mol. The molecule has 2 aliphatic rings. The number of nitrogens with zero attached hydrogens (tertiary/aromatic N) is 5. The minimum atomic E-state index is -0.396. The molecule has 0 aromatic carbocycles. The minimum Gasteiger partial charge on any atom is -0.351 e. The van der Waals surface area contributed by atoms with Crippen LogP contribution in [0.4, 0.5) is 5.13 Å². The van der Waals surface area contributed by atoms with E-state index < -0.39 is 5.56 Å². The number of rotatable bonds is 6. The van der Waals surface area contributed by atoms with Crippen LogP contribution in [0.3, 0.4) is 0 Å². The predicted octanol–water partition coefficient (Wildman–Crippen LogP) is 2.81. The van der Waals surface area contributed by atoms with Gasteiger partial charge in [-0.1, -0.05) is 31.1 Å². The van der Waals surface area contributed by atoms with Gasteiger partial charge in [-0.3, -0.25) is 9.59 Å². The van der Waals surface area contributed by atoms with Gasteiger partial charge in [-0.25, -0.2) is 0 Å². The Labute approximate surface area is 193 Å². The summed E-state index contributed by atoms with van der Waals surface area (Å²) in [6.45, 7) is 8.07. The zero-order valence-electron chi connectivity index (χ0n) is 18.2. The quantitative estimate of drug-likeness (QED) is 0.656. The fourth-order valence-electron chi connectivity index (χ4n) is 4.25. The van der Waals surface area contributed by atoms with E-state index in [0.29, 0.717) is 11.5 Å². The van der Waals surface area contributed by atoms with E-state index >= 15 is 0 Å². The highest BCUT2D eigenvalue weighted by Gasteiger charge is 2.22. The third-order valence-corrected chi connectivity index (χ3v) is 7.13. The number of aromatic nitrogens is 3. The Morgan fingerprint density at radius 3 is 2.58 bits per heavy atom. The molecule has 172 valence electrons. The van der Waals surface area contributed by atoms with Crippen molar-refractivity contribution in [2.24, 2.45) is 5.92 Å². The Morgan fingerprint density at radius 1 is 1.16 bits per heavy atom. The first kappa shape index (κ1) is 23.9. The molecule has 0 spiro atoms. The molecule has 2 saturated heterocycles. The van der Waals surface area contributed by atoms with Gasteiger partial charge in [0.15, 0.2) is 0 Å². The molecule has 1 N–H and O–H groups in total. The first-order chi connectivity index (χ1) is 14.6. The van der Waals surface area contributed by atoms with Gasteiger partial charge in [-0.05, 0) is 57.7 Å². The van der Waals surface area contributed by atoms with Gasteiger partial charge in [-0.15, -0.1) is 17.5 Å². The summed E-state index contributed by atoms with van der Waals surface area (Å²) in [6, 6.07) is 1.29. The normalized spacial score (nSPS) is 18.5. The first-order valence-corrected chi connectivity index (χ1v) is 12.1. The van der Waals surface area contributed by atoms with Crippen molar-refractivity contribution < 1.29 is 4.79 Å². The fourth-order valence-corrected chi connectivity index (χ4v) is 5.21. The molecular weight excluding hydrogens is 436 g/mol.